The highest BCUT2D eigenvalue weighted by Crippen LogP contribution is 2.38. The molecule has 1 saturated carbocycles. The lowest BCUT2D eigenvalue weighted by molar-refractivity contribution is -0.904. The first-order chi connectivity index (χ1) is 19.2. The molecule has 2 aromatic carbocycles. The summed E-state index contributed by atoms with van der Waals surface area (Å²) in [7, 11) is 2.95. The predicted octanol–water partition coefficient (Wildman–Crippen LogP) is 6.46. The van der Waals surface area contributed by atoms with Crippen LogP contribution in [0.15, 0.2) is 48.8 Å². The van der Waals surface area contributed by atoms with E-state index < -0.39 is 18.8 Å². The molecule has 0 radical (unpaired) electrons. The molecule has 1 aromatic heterocycles. The van der Waals surface area contributed by atoms with E-state index in [2.05, 4.69) is 10.1 Å². The van der Waals surface area contributed by atoms with E-state index in [0.717, 1.165) is 12.8 Å². The van der Waals surface area contributed by atoms with Gasteiger partial charge in [-0.05, 0) is 48.6 Å². The Morgan fingerprint density at radius 1 is 1.02 bits per heavy atom. The van der Waals surface area contributed by atoms with Crippen molar-refractivity contribution in [2.45, 2.75) is 32.0 Å². The van der Waals surface area contributed by atoms with Gasteiger partial charge in [0.2, 0.25) is 12.4 Å². The van der Waals surface area contributed by atoms with Crippen LogP contribution in [0, 0.1) is 5.92 Å². The maximum atomic E-state index is 13.0. The minimum Gasteiger partial charge on any atom is -0.493 e. The summed E-state index contributed by atoms with van der Waals surface area (Å²) in [5, 5.41) is 12.6. The molecule has 0 spiro atoms. The number of rotatable bonds is 12. The maximum absolute atomic E-state index is 13.0. The van der Waals surface area contributed by atoms with Gasteiger partial charge in [0.15, 0.2) is 23.0 Å². The number of carbonyl (C=O) groups excluding carboxylic acids is 1. The third-order valence-corrected chi connectivity index (χ3v) is 6.72. The first-order valence-corrected chi connectivity index (χ1v) is 12.9. The molecule has 9 nitrogen and oxygen atoms in total. The fraction of sp³-hybridized carbons (Fsp3) is 0.333. The largest absolute Gasteiger partial charge is 0.493 e. The number of amides is 1. The topological polar surface area (TPSA) is 99.4 Å². The summed E-state index contributed by atoms with van der Waals surface area (Å²) >= 11 is 12.6. The maximum Gasteiger partial charge on any atom is 0.412 e. The minimum atomic E-state index is -3.06. The van der Waals surface area contributed by atoms with E-state index in [-0.39, 0.29) is 28.0 Å². The van der Waals surface area contributed by atoms with Crippen LogP contribution in [0.3, 0.4) is 0 Å². The standard InChI is InChI=1S/C27H26Cl2F2N2O7/c1-36-21-8-6-17(10-24(21)37-2)32-27(34)40-23(11-18-19(28)12-33(35)13-20(18)29)16-5-7-22(39-26(30)31)25(9-16)38-14-15-3-4-15/h5-10,12-13,15,23,26H,3-4,11,14H2,1-2H3,(H-,32,34,35)/p+1/t23-/m0/s1. The second-order valence-electron chi connectivity index (χ2n) is 8.94. The van der Waals surface area contributed by atoms with Gasteiger partial charge in [0, 0.05) is 28.5 Å². The Morgan fingerprint density at radius 2 is 1.70 bits per heavy atom. The fourth-order valence-electron chi connectivity index (χ4n) is 3.86. The SMILES string of the molecule is COc1ccc(NC(=O)O[C@@H](Cc2c(Cl)c[n+](O)cc2Cl)c2ccc(OC(F)F)c(OCC3CC3)c2)cc1OC. The first-order valence-electron chi connectivity index (χ1n) is 12.2. The molecule has 0 aliphatic heterocycles. The van der Waals surface area contributed by atoms with Crippen molar-refractivity contribution in [3.63, 3.8) is 0 Å². The lowest BCUT2D eigenvalue weighted by Gasteiger charge is -2.21. The Hall–Kier alpha value is -3.70. The molecule has 40 heavy (non-hydrogen) atoms. The smallest absolute Gasteiger partial charge is 0.412 e. The van der Waals surface area contributed by atoms with Crippen molar-refractivity contribution in [2.75, 3.05) is 26.1 Å². The van der Waals surface area contributed by atoms with Gasteiger partial charge in [-0.15, -0.1) is 0 Å². The van der Waals surface area contributed by atoms with Crippen molar-refractivity contribution in [1.82, 2.24) is 0 Å². The van der Waals surface area contributed by atoms with Crippen molar-refractivity contribution < 1.29 is 47.2 Å². The van der Waals surface area contributed by atoms with Crippen LogP contribution in [0.1, 0.15) is 30.1 Å². The lowest BCUT2D eigenvalue weighted by Crippen LogP contribution is -2.29. The van der Waals surface area contributed by atoms with Crippen LogP contribution in [0.25, 0.3) is 0 Å². The number of pyridine rings is 1. The summed E-state index contributed by atoms with van der Waals surface area (Å²) < 4.78 is 53.5. The van der Waals surface area contributed by atoms with Crippen LogP contribution in [0.4, 0.5) is 19.3 Å². The van der Waals surface area contributed by atoms with Crippen LogP contribution in [-0.2, 0) is 11.2 Å². The summed E-state index contributed by atoms with van der Waals surface area (Å²) in [5.41, 5.74) is 1.15. The minimum absolute atomic E-state index is 0.0189. The van der Waals surface area contributed by atoms with Gasteiger partial charge >= 0.3 is 12.7 Å². The Kier molecular flexibility index (Phi) is 9.59. The molecule has 4 rings (SSSR count). The number of nitrogens with zero attached hydrogens (tertiary/aromatic N) is 1. The number of ether oxygens (including phenoxy) is 5. The zero-order valence-electron chi connectivity index (χ0n) is 21.5. The molecule has 13 heteroatoms. The number of carbonyl (C=O) groups is 1. The summed E-state index contributed by atoms with van der Waals surface area (Å²) in [5.74, 6) is 1.14. The van der Waals surface area contributed by atoms with Crippen molar-refractivity contribution >= 4 is 35.0 Å². The molecule has 1 aliphatic rings. The number of hydrogen-bond donors (Lipinski definition) is 2. The van der Waals surface area contributed by atoms with Gasteiger partial charge in [-0.2, -0.15) is 8.78 Å². The molecule has 3 aromatic rings. The fourth-order valence-corrected chi connectivity index (χ4v) is 4.47. The van der Waals surface area contributed by atoms with Gasteiger partial charge in [0.25, 0.3) is 0 Å². The third kappa shape index (κ3) is 7.70. The quantitative estimate of drug-likeness (QED) is 0.182. The van der Waals surface area contributed by atoms with E-state index in [1.165, 1.54) is 44.8 Å². The molecule has 214 valence electrons. The number of alkyl halides is 2. The third-order valence-electron chi connectivity index (χ3n) is 6.06. The highest BCUT2D eigenvalue weighted by atomic mass is 35.5. The predicted molar refractivity (Wildman–Crippen MR) is 141 cm³/mol. The van der Waals surface area contributed by atoms with Gasteiger partial charge in [0.05, 0.1) is 20.8 Å². The number of halogens is 4. The Bertz CT molecular complexity index is 1340. The van der Waals surface area contributed by atoms with E-state index in [4.69, 9.17) is 42.1 Å². The Labute approximate surface area is 239 Å². The van der Waals surface area contributed by atoms with Gasteiger partial charge in [0.1, 0.15) is 16.1 Å². The molecule has 1 aliphatic carbocycles. The number of benzene rings is 2. The molecule has 0 saturated heterocycles. The molecule has 0 unspecified atom stereocenters. The normalized spacial score (nSPS) is 13.5. The van der Waals surface area contributed by atoms with Gasteiger partial charge in [-0.1, -0.05) is 29.3 Å². The van der Waals surface area contributed by atoms with Crippen LogP contribution in [-0.4, -0.2) is 38.7 Å². The van der Waals surface area contributed by atoms with Crippen LogP contribution < -0.4 is 29.0 Å². The zero-order valence-corrected chi connectivity index (χ0v) is 23.0. The van der Waals surface area contributed by atoms with E-state index in [1.54, 1.807) is 18.2 Å². The zero-order chi connectivity index (χ0) is 28.8. The van der Waals surface area contributed by atoms with E-state index in [9.17, 15) is 18.8 Å². The molecule has 2 N–H and O–H groups in total. The second-order valence-corrected chi connectivity index (χ2v) is 9.76. The summed E-state index contributed by atoms with van der Waals surface area (Å²) in [6.07, 6.45) is 2.58. The van der Waals surface area contributed by atoms with Crippen LogP contribution in [0.5, 0.6) is 23.0 Å². The van der Waals surface area contributed by atoms with E-state index in [0.29, 0.717) is 45.6 Å². The average Bonchev–Trinajstić information content (AvgIpc) is 3.73. The van der Waals surface area contributed by atoms with Crippen LogP contribution >= 0.6 is 23.2 Å². The summed E-state index contributed by atoms with van der Waals surface area (Å²) in [6, 6.07) is 9.05. The molecule has 1 heterocycles. The van der Waals surface area contributed by atoms with Crippen LogP contribution in [0.2, 0.25) is 10.0 Å². The summed E-state index contributed by atoms with van der Waals surface area (Å²) in [6.45, 7) is -2.72. The van der Waals surface area contributed by atoms with Crippen molar-refractivity contribution in [3.8, 4) is 23.0 Å². The highest BCUT2D eigenvalue weighted by molar-refractivity contribution is 6.35. The van der Waals surface area contributed by atoms with Gasteiger partial charge < -0.3 is 23.7 Å². The molecule has 1 amide bonds. The van der Waals surface area contributed by atoms with Crippen molar-refractivity contribution in [3.05, 3.63) is 70.0 Å². The molecule has 1 fully saturated rings. The molecule has 0 bridgehead atoms. The van der Waals surface area contributed by atoms with Crippen molar-refractivity contribution in [2.24, 2.45) is 5.92 Å². The van der Waals surface area contributed by atoms with E-state index in [1.807, 2.05) is 0 Å². The Balaban J connectivity index is 1.64. The Morgan fingerprint density at radius 3 is 2.33 bits per heavy atom. The average molecular weight is 600 g/mol. The van der Waals surface area contributed by atoms with Gasteiger partial charge in [-0.25, -0.2) is 4.79 Å². The highest BCUT2D eigenvalue weighted by Gasteiger charge is 2.27. The second kappa shape index (κ2) is 13.1. The number of aromatic nitrogens is 1. The number of nitrogens with one attached hydrogen (secondary N) is 1. The van der Waals surface area contributed by atoms with Gasteiger partial charge in [-0.3, -0.25) is 10.5 Å². The number of hydrogen-bond acceptors (Lipinski definition) is 7. The summed E-state index contributed by atoms with van der Waals surface area (Å²) in [4.78, 5) is 13.0. The number of anilines is 1. The first kappa shape index (κ1) is 29.3. The molecular weight excluding hydrogens is 573 g/mol. The molecule has 1 atom stereocenters. The van der Waals surface area contributed by atoms with E-state index >= 15 is 0 Å². The molecular formula is C27H27Cl2F2N2O7+. The number of methoxy groups -OCH3 is 2. The lowest BCUT2D eigenvalue weighted by atomic mass is 10.0. The van der Waals surface area contributed by atoms with Crippen molar-refractivity contribution in [1.29, 1.82) is 0 Å². The monoisotopic (exact) mass is 599 g/mol.